The number of hydrogen-bond acceptors (Lipinski definition) is 8. The van der Waals surface area contributed by atoms with Gasteiger partial charge in [0.25, 0.3) is 0 Å². The van der Waals surface area contributed by atoms with Crippen LogP contribution < -0.4 is 15.2 Å². The summed E-state index contributed by atoms with van der Waals surface area (Å²) in [5.74, 6) is -3.54. The molecule has 3 amide bonds. The van der Waals surface area contributed by atoms with Gasteiger partial charge in [-0.1, -0.05) is 5.16 Å². The molecule has 2 rings (SSSR count). The number of nitrogens with zero attached hydrogens (tertiary/aromatic N) is 2. The molecule has 0 aliphatic carbocycles. The minimum Gasteiger partial charge on any atom is -0.475 e. The number of alkyl halides is 3. The average Bonchev–Trinajstić information content (AvgIpc) is 2.87. The third-order valence-corrected chi connectivity index (χ3v) is 3.45. The Labute approximate surface area is 143 Å². The van der Waals surface area contributed by atoms with Gasteiger partial charge in [0, 0.05) is 6.07 Å². The minimum atomic E-state index is -5.08. The number of carboxylic acid groups (broad SMARTS) is 1. The molecule has 26 heavy (non-hydrogen) atoms. The van der Waals surface area contributed by atoms with Gasteiger partial charge in [0.1, 0.15) is 6.04 Å². The van der Waals surface area contributed by atoms with Crippen molar-refractivity contribution in [1.82, 2.24) is 14.8 Å². The lowest BCUT2D eigenvalue weighted by atomic mass is 10.1. The predicted molar refractivity (Wildman–Crippen MR) is 75.7 cm³/mol. The average molecular weight is 403 g/mol. The highest BCUT2D eigenvalue weighted by atomic mass is 32.2. The Morgan fingerprint density at radius 2 is 2.00 bits per heavy atom. The van der Waals surface area contributed by atoms with Crippen molar-refractivity contribution >= 4 is 34.0 Å². The zero-order valence-corrected chi connectivity index (χ0v) is 13.6. The molecule has 0 radical (unpaired) electrons. The number of anilines is 1. The Kier molecular flexibility index (Phi) is 6.16. The first-order chi connectivity index (χ1) is 11.7. The summed E-state index contributed by atoms with van der Waals surface area (Å²) in [7, 11) is -4.20. The van der Waals surface area contributed by atoms with Gasteiger partial charge in [-0.25, -0.2) is 19.0 Å². The van der Waals surface area contributed by atoms with Crippen LogP contribution >= 0.6 is 0 Å². The van der Waals surface area contributed by atoms with Gasteiger partial charge < -0.3 is 15.4 Å². The normalized spacial score (nSPS) is 16.9. The largest absolute Gasteiger partial charge is 0.490 e. The van der Waals surface area contributed by atoms with Gasteiger partial charge in [-0.15, -0.1) is 0 Å². The van der Waals surface area contributed by atoms with Crippen LogP contribution in [0.15, 0.2) is 10.6 Å². The number of rotatable bonds is 3. The molecule has 1 aromatic heterocycles. The molecule has 5 N–H and O–H groups in total. The Bertz CT molecular complexity index is 806. The van der Waals surface area contributed by atoms with Gasteiger partial charge in [0.2, 0.25) is 11.8 Å². The number of halogens is 3. The van der Waals surface area contributed by atoms with Crippen molar-refractivity contribution in [2.75, 3.05) is 11.3 Å². The maximum Gasteiger partial charge on any atom is 0.490 e. The molecule has 1 aliphatic rings. The van der Waals surface area contributed by atoms with Gasteiger partial charge in [-0.3, -0.25) is 9.69 Å². The summed E-state index contributed by atoms with van der Waals surface area (Å²) in [4.78, 5) is 32.2. The number of carboxylic acids is 1. The highest BCUT2D eigenvalue weighted by Crippen LogP contribution is 2.13. The second-order valence-corrected chi connectivity index (χ2v) is 6.12. The summed E-state index contributed by atoms with van der Waals surface area (Å²) < 4.78 is 63.1. The van der Waals surface area contributed by atoms with Crippen molar-refractivity contribution in [1.29, 1.82) is 0 Å². The van der Waals surface area contributed by atoms with E-state index in [0.717, 1.165) is 0 Å². The number of aliphatic carboxylic acids is 1. The Morgan fingerprint density at radius 1 is 1.46 bits per heavy atom. The molecule has 1 aromatic rings. The molecular weight excluding hydrogens is 391 g/mol. The van der Waals surface area contributed by atoms with Crippen molar-refractivity contribution in [2.24, 2.45) is 5.73 Å². The number of nitrogens with two attached hydrogens (primary N) is 1. The van der Waals surface area contributed by atoms with Crippen molar-refractivity contribution in [3.63, 3.8) is 0 Å². The minimum absolute atomic E-state index is 0.0262. The fourth-order valence-electron chi connectivity index (χ4n) is 1.38. The first-order valence-electron chi connectivity index (χ1n) is 6.38. The van der Waals surface area contributed by atoms with E-state index in [9.17, 15) is 31.2 Å². The molecule has 1 saturated heterocycles. The standard InChI is InChI=1S/C8H11N5O5S.C2HF3O2/c1-4-2-6(18-10-4)11-19(16,17)12-8(15)13-3-5(9)7(13)14;3-2(4,5)1(6)7/h2,5,11H,3,9H2,1H3,(H,12,15);(H,6,7)/t5-;/m0./s1. The summed E-state index contributed by atoms with van der Waals surface area (Å²) >= 11 is 0. The first-order valence-corrected chi connectivity index (χ1v) is 7.86. The Balaban J connectivity index is 0.000000412. The summed E-state index contributed by atoms with van der Waals surface area (Å²) in [5.41, 5.74) is 5.75. The number of hydrogen-bond donors (Lipinski definition) is 4. The number of aromatic nitrogens is 1. The molecule has 0 aromatic carbocycles. The molecule has 1 atom stereocenters. The molecule has 16 heteroatoms. The first kappa shape index (κ1) is 21.2. The number of urea groups is 1. The number of carbonyl (C=O) groups is 3. The number of likely N-dealkylation sites (tertiary alicyclic amines) is 1. The van der Waals surface area contributed by atoms with Crippen LogP contribution in [0, 0.1) is 6.92 Å². The van der Waals surface area contributed by atoms with Crippen LogP contribution in [-0.4, -0.2) is 60.3 Å². The maximum absolute atomic E-state index is 11.6. The van der Waals surface area contributed by atoms with Crippen LogP contribution in [-0.2, 0) is 19.8 Å². The van der Waals surface area contributed by atoms with E-state index in [1.807, 2.05) is 4.72 Å². The van der Waals surface area contributed by atoms with Crippen LogP contribution in [0.1, 0.15) is 5.69 Å². The molecule has 2 heterocycles. The quantitative estimate of drug-likeness (QED) is 0.467. The second kappa shape index (κ2) is 7.56. The van der Waals surface area contributed by atoms with E-state index < -0.39 is 40.3 Å². The fourth-order valence-corrected chi connectivity index (χ4v) is 2.13. The molecule has 0 unspecified atom stereocenters. The van der Waals surface area contributed by atoms with E-state index in [4.69, 9.17) is 15.6 Å². The molecule has 0 bridgehead atoms. The van der Waals surface area contributed by atoms with Gasteiger partial charge in [-0.05, 0) is 6.92 Å². The number of carbonyl (C=O) groups excluding carboxylic acids is 2. The number of imide groups is 1. The van der Waals surface area contributed by atoms with E-state index in [-0.39, 0.29) is 12.4 Å². The predicted octanol–water partition coefficient (Wildman–Crippen LogP) is -0.848. The van der Waals surface area contributed by atoms with Crippen LogP contribution in [0.25, 0.3) is 0 Å². The van der Waals surface area contributed by atoms with Crippen LogP contribution in [0.2, 0.25) is 0 Å². The van der Waals surface area contributed by atoms with E-state index in [1.165, 1.54) is 6.07 Å². The van der Waals surface area contributed by atoms with Gasteiger partial charge in [0.15, 0.2) is 0 Å². The monoisotopic (exact) mass is 403 g/mol. The lowest BCUT2D eigenvalue weighted by Crippen LogP contribution is -2.65. The maximum atomic E-state index is 11.6. The number of amides is 3. The SMILES string of the molecule is Cc1cc(NS(=O)(=O)NC(=O)N2C[C@H](N)C2=O)on1.O=C(O)C(F)(F)F. The van der Waals surface area contributed by atoms with Crippen LogP contribution in [0.4, 0.5) is 23.8 Å². The van der Waals surface area contributed by atoms with Crippen molar-refractivity contribution < 1.29 is 45.6 Å². The van der Waals surface area contributed by atoms with Gasteiger partial charge >= 0.3 is 28.4 Å². The Hall–Kier alpha value is -2.88. The molecule has 146 valence electrons. The number of aryl methyl sites for hydroxylation is 1. The number of nitrogens with one attached hydrogen (secondary N) is 2. The smallest absolute Gasteiger partial charge is 0.475 e. The van der Waals surface area contributed by atoms with E-state index in [0.29, 0.717) is 10.6 Å². The fraction of sp³-hybridized carbons (Fsp3) is 0.400. The van der Waals surface area contributed by atoms with E-state index in [2.05, 4.69) is 9.68 Å². The second-order valence-electron chi connectivity index (χ2n) is 4.70. The van der Waals surface area contributed by atoms with Crippen molar-refractivity contribution in [3.8, 4) is 0 Å². The highest BCUT2D eigenvalue weighted by molar-refractivity contribution is 7.91. The van der Waals surface area contributed by atoms with Gasteiger partial charge in [-0.2, -0.15) is 21.6 Å². The highest BCUT2D eigenvalue weighted by Gasteiger charge is 2.39. The number of β-lactam (4-membered cyclic amide) rings is 1. The van der Waals surface area contributed by atoms with Crippen LogP contribution in [0.5, 0.6) is 0 Å². The zero-order valence-electron chi connectivity index (χ0n) is 12.8. The lowest BCUT2D eigenvalue weighted by Gasteiger charge is -2.33. The molecule has 0 saturated carbocycles. The molecule has 12 nitrogen and oxygen atoms in total. The molecule has 0 spiro atoms. The van der Waals surface area contributed by atoms with E-state index >= 15 is 0 Å². The molecular formula is C10H12F3N5O7S. The summed E-state index contributed by atoms with van der Waals surface area (Å²) in [5, 5.41) is 10.6. The summed E-state index contributed by atoms with van der Waals surface area (Å²) in [6.07, 6.45) is -5.08. The van der Waals surface area contributed by atoms with Crippen molar-refractivity contribution in [3.05, 3.63) is 11.8 Å². The Morgan fingerprint density at radius 3 is 2.35 bits per heavy atom. The third kappa shape index (κ3) is 5.88. The summed E-state index contributed by atoms with van der Waals surface area (Å²) in [6.45, 7) is 1.57. The third-order valence-electron chi connectivity index (χ3n) is 2.53. The van der Waals surface area contributed by atoms with Gasteiger partial charge in [0.05, 0.1) is 12.2 Å². The van der Waals surface area contributed by atoms with Crippen molar-refractivity contribution in [2.45, 2.75) is 19.1 Å². The summed E-state index contributed by atoms with van der Waals surface area (Å²) in [6, 6.07) is -0.511. The molecule has 1 fully saturated rings. The zero-order chi connectivity index (χ0) is 20.3. The molecule has 1 aliphatic heterocycles. The van der Waals surface area contributed by atoms with E-state index in [1.54, 1.807) is 11.6 Å². The lowest BCUT2D eigenvalue weighted by molar-refractivity contribution is -0.192. The topological polar surface area (TPSA) is 185 Å². The van der Waals surface area contributed by atoms with Crippen LogP contribution in [0.3, 0.4) is 0 Å².